The fourth-order valence-corrected chi connectivity index (χ4v) is 2.07. The minimum Gasteiger partial charge on any atom is -0.493 e. The van der Waals surface area contributed by atoms with Crippen LogP contribution in [-0.4, -0.2) is 28.7 Å². The van der Waals surface area contributed by atoms with Crippen molar-refractivity contribution in [2.75, 3.05) is 12.4 Å². The maximum atomic E-state index is 10.7. The number of ether oxygens (including phenoxy) is 1. The molecular weight excluding hydrogens is 224 g/mol. The molecule has 1 aromatic carbocycles. The Morgan fingerprint density at radius 2 is 2.12 bits per heavy atom. The Hall–Kier alpha value is -1.16. The van der Waals surface area contributed by atoms with Crippen molar-refractivity contribution in [3.63, 3.8) is 0 Å². The van der Waals surface area contributed by atoms with E-state index in [1.807, 2.05) is 37.3 Å². The molecule has 4 heteroatoms. The second-order valence-electron chi connectivity index (χ2n) is 3.27. The van der Waals surface area contributed by atoms with Gasteiger partial charge in [-0.3, -0.25) is 4.79 Å². The predicted octanol–water partition coefficient (Wildman–Crippen LogP) is 2.66. The van der Waals surface area contributed by atoms with Crippen molar-refractivity contribution >= 4 is 17.7 Å². The van der Waals surface area contributed by atoms with E-state index in [1.165, 1.54) is 11.8 Å². The zero-order chi connectivity index (χ0) is 11.8. The molecule has 0 bridgehead atoms. The lowest BCUT2D eigenvalue weighted by Crippen LogP contribution is -2.16. The topological polar surface area (TPSA) is 46.5 Å². The lowest BCUT2D eigenvalue weighted by molar-refractivity contribution is -0.136. The summed E-state index contributed by atoms with van der Waals surface area (Å²) < 4.78 is 5.47. The van der Waals surface area contributed by atoms with E-state index in [1.54, 1.807) is 0 Å². The summed E-state index contributed by atoms with van der Waals surface area (Å²) >= 11 is 1.42. The number of rotatable bonds is 7. The second-order valence-corrected chi connectivity index (χ2v) is 4.58. The van der Waals surface area contributed by atoms with Crippen molar-refractivity contribution in [2.45, 2.75) is 18.6 Å². The number of para-hydroxylation sites is 1. The first-order valence-corrected chi connectivity index (χ1v) is 6.31. The molecule has 0 saturated carbocycles. The summed E-state index contributed by atoms with van der Waals surface area (Å²) in [5, 5.41) is 8.51. The van der Waals surface area contributed by atoms with E-state index in [2.05, 4.69) is 0 Å². The molecule has 0 aliphatic carbocycles. The molecule has 0 amide bonds. The van der Waals surface area contributed by atoms with Gasteiger partial charge in [-0.05, 0) is 18.6 Å². The molecule has 0 radical (unpaired) electrons. The summed E-state index contributed by atoms with van der Waals surface area (Å²) in [6, 6.07) is 9.53. The Bertz CT molecular complexity index is 313. The highest BCUT2D eigenvalue weighted by Gasteiger charge is 2.14. The van der Waals surface area contributed by atoms with Crippen LogP contribution < -0.4 is 4.74 Å². The molecule has 0 aliphatic heterocycles. The average molecular weight is 240 g/mol. The Kier molecular flexibility index (Phi) is 5.78. The fraction of sp³-hybridized carbons (Fsp3) is 0.417. The maximum Gasteiger partial charge on any atom is 0.316 e. The van der Waals surface area contributed by atoms with Crippen molar-refractivity contribution in [1.29, 1.82) is 0 Å². The second kappa shape index (κ2) is 7.17. The molecular formula is C12H16O3S. The third-order valence-corrected chi connectivity index (χ3v) is 3.40. The number of hydrogen-bond acceptors (Lipinski definition) is 3. The van der Waals surface area contributed by atoms with Crippen molar-refractivity contribution in [2.24, 2.45) is 0 Å². The first-order chi connectivity index (χ1) is 7.74. The molecule has 1 N–H and O–H groups in total. The summed E-state index contributed by atoms with van der Waals surface area (Å²) in [6.45, 7) is 2.42. The summed E-state index contributed by atoms with van der Waals surface area (Å²) in [5.74, 6) is 0.776. The molecule has 1 rings (SSSR count). The lowest BCUT2D eigenvalue weighted by Gasteiger charge is -2.10. The van der Waals surface area contributed by atoms with E-state index in [-0.39, 0.29) is 5.25 Å². The van der Waals surface area contributed by atoms with Gasteiger partial charge in [-0.1, -0.05) is 25.1 Å². The number of carbonyl (C=O) groups is 1. The number of carboxylic acids is 1. The van der Waals surface area contributed by atoms with Gasteiger partial charge in [0.15, 0.2) is 0 Å². The highest BCUT2D eigenvalue weighted by Crippen LogP contribution is 2.15. The van der Waals surface area contributed by atoms with Gasteiger partial charge in [-0.2, -0.15) is 0 Å². The first-order valence-electron chi connectivity index (χ1n) is 5.26. The van der Waals surface area contributed by atoms with Crippen molar-refractivity contribution in [3.05, 3.63) is 30.3 Å². The van der Waals surface area contributed by atoms with Gasteiger partial charge in [-0.25, -0.2) is 0 Å². The smallest absolute Gasteiger partial charge is 0.316 e. The Labute approximate surface area is 99.8 Å². The zero-order valence-electron chi connectivity index (χ0n) is 9.26. The van der Waals surface area contributed by atoms with Crippen LogP contribution in [0.2, 0.25) is 0 Å². The SMILES string of the molecule is CCC(SCCOc1ccccc1)C(=O)O. The molecule has 0 heterocycles. The number of benzene rings is 1. The van der Waals surface area contributed by atoms with Crippen LogP contribution in [0.5, 0.6) is 5.75 Å². The Balaban J connectivity index is 2.19. The van der Waals surface area contributed by atoms with Gasteiger partial charge in [0.25, 0.3) is 0 Å². The molecule has 1 unspecified atom stereocenters. The summed E-state index contributed by atoms with van der Waals surface area (Å²) in [5.41, 5.74) is 0. The zero-order valence-corrected chi connectivity index (χ0v) is 10.1. The number of aliphatic carboxylic acids is 1. The summed E-state index contributed by atoms with van der Waals surface area (Å²) in [6.07, 6.45) is 0.644. The van der Waals surface area contributed by atoms with Crippen LogP contribution >= 0.6 is 11.8 Å². The Morgan fingerprint density at radius 1 is 1.44 bits per heavy atom. The van der Waals surface area contributed by atoms with E-state index in [0.29, 0.717) is 18.8 Å². The van der Waals surface area contributed by atoms with Crippen LogP contribution in [-0.2, 0) is 4.79 Å². The van der Waals surface area contributed by atoms with Crippen LogP contribution in [0.1, 0.15) is 13.3 Å². The van der Waals surface area contributed by atoms with Crippen LogP contribution in [0.3, 0.4) is 0 Å². The third-order valence-electron chi connectivity index (χ3n) is 2.06. The van der Waals surface area contributed by atoms with Crippen molar-refractivity contribution in [3.8, 4) is 5.75 Å². The van der Waals surface area contributed by atoms with E-state index < -0.39 is 5.97 Å². The largest absolute Gasteiger partial charge is 0.493 e. The molecule has 1 atom stereocenters. The highest BCUT2D eigenvalue weighted by atomic mass is 32.2. The minimum atomic E-state index is -0.743. The van der Waals surface area contributed by atoms with Crippen molar-refractivity contribution < 1.29 is 14.6 Å². The van der Waals surface area contributed by atoms with Gasteiger partial charge < -0.3 is 9.84 Å². The molecule has 16 heavy (non-hydrogen) atoms. The monoisotopic (exact) mass is 240 g/mol. The summed E-state index contributed by atoms with van der Waals surface area (Å²) in [7, 11) is 0. The predicted molar refractivity (Wildman–Crippen MR) is 66.1 cm³/mol. The van der Waals surface area contributed by atoms with Gasteiger partial charge in [-0.15, -0.1) is 11.8 Å². The van der Waals surface area contributed by atoms with E-state index in [9.17, 15) is 4.79 Å². The first kappa shape index (κ1) is 12.9. The minimum absolute atomic E-state index is 0.320. The fourth-order valence-electron chi connectivity index (χ4n) is 1.23. The molecule has 3 nitrogen and oxygen atoms in total. The number of hydrogen-bond donors (Lipinski definition) is 1. The van der Waals surface area contributed by atoms with Crippen LogP contribution in [0.4, 0.5) is 0 Å². The maximum absolute atomic E-state index is 10.7. The molecule has 0 fully saturated rings. The number of thioether (sulfide) groups is 1. The van der Waals surface area contributed by atoms with Crippen molar-refractivity contribution in [1.82, 2.24) is 0 Å². The van der Waals surface area contributed by atoms with Gasteiger partial charge in [0.05, 0.1) is 6.61 Å². The van der Waals surface area contributed by atoms with Crippen LogP contribution in [0, 0.1) is 0 Å². The van der Waals surface area contributed by atoms with Crippen LogP contribution in [0.15, 0.2) is 30.3 Å². The quantitative estimate of drug-likeness (QED) is 0.744. The van der Waals surface area contributed by atoms with E-state index in [0.717, 1.165) is 5.75 Å². The van der Waals surface area contributed by atoms with E-state index >= 15 is 0 Å². The molecule has 1 aromatic rings. The van der Waals surface area contributed by atoms with E-state index in [4.69, 9.17) is 9.84 Å². The summed E-state index contributed by atoms with van der Waals surface area (Å²) in [4.78, 5) is 10.7. The molecule has 88 valence electrons. The van der Waals surface area contributed by atoms with Gasteiger partial charge in [0.2, 0.25) is 0 Å². The third kappa shape index (κ3) is 4.57. The average Bonchev–Trinajstić information content (AvgIpc) is 2.30. The Morgan fingerprint density at radius 3 is 2.69 bits per heavy atom. The molecule has 0 spiro atoms. The molecule has 0 aromatic heterocycles. The highest BCUT2D eigenvalue weighted by molar-refractivity contribution is 8.00. The molecule has 0 saturated heterocycles. The van der Waals surface area contributed by atoms with Gasteiger partial charge in [0, 0.05) is 5.75 Å². The standard InChI is InChI=1S/C12H16O3S/c1-2-11(12(13)14)16-9-8-15-10-6-4-3-5-7-10/h3-7,11H,2,8-9H2,1H3,(H,13,14). The van der Waals surface area contributed by atoms with Gasteiger partial charge in [0.1, 0.15) is 11.0 Å². The van der Waals surface area contributed by atoms with Gasteiger partial charge >= 0.3 is 5.97 Å². The molecule has 0 aliphatic rings. The normalized spacial score (nSPS) is 12.1. The van der Waals surface area contributed by atoms with Crippen LogP contribution in [0.25, 0.3) is 0 Å². The number of carboxylic acid groups (broad SMARTS) is 1. The lowest BCUT2D eigenvalue weighted by atomic mass is 10.3.